The lowest BCUT2D eigenvalue weighted by molar-refractivity contribution is -0.146. The van der Waals surface area contributed by atoms with Crippen LogP contribution in [0.4, 0.5) is 10.5 Å². The Kier molecular flexibility index (Phi) is 7.36. The summed E-state index contributed by atoms with van der Waals surface area (Å²) in [7, 11) is -3.76. The molecule has 2 aromatic rings. The molecule has 0 aliphatic rings. The van der Waals surface area contributed by atoms with E-state index in [1.54, 1.807) is 24.3 Å². The van der Waals surface area contributed by atoms with E-state index in [9.17, 15) is 18.0 Å². The van der Waals surface area contributed by atoms with Gasteiger partial charge in [0.25, 0.3) is 0 Å². The van der Waals surface area contributed by atoms with E-state index >= 15 is 0 Å². The van der Waals surface area contributed by atoms with Crippen LogP contribution >= 0.6 is 0 Å². The van der Waals surface area contributed by atoms with Crippen LogP contribution in [0.2, 0.25) is 0 Å². The van der Waals surface area contributed by atoms with Gasteiger partial charge in [-0.25, -0.2) is 23.1 Å². The highest BCUT2D eigenvalue weighted by Crippen LogP contribution is 2.14. The third kappa shape index (κ3) is 6.89. The Balaban J connectivity index is 1.69. The van der Waals surface area contributed by atoms with Crippen LogP contribution in [0.15, 0.2) is 59.5 Å². The summed E-state index contributed by atoms with van der Waals surface area (Å²) in [4.78, 5) is 23.7. The van der Waals surface area contributed by atoms with Crippen molar-refractivity contribution in [2.75, 3.05) is 18.5 Å². The summed E-state index contributed by atoms with van der Waals surface area (Å²) in [6, 6.07) is 12.9. The lowest BCUT2D eigenvalue weighted by atomic mass is 10.3. The number of nitrogens with two attached hydrogens (primary N) is 1. The molecular weight excluding hydrogens is 386 g/mol. The predicted molar refractivity (Wildman–Crippen MR) is 102 cm³/mol. The van der Waals surface area contributed by atoms with Gasteiger partial charge in [0, 0.05) is 5.69 Å². The SMILES string of the molecule is C[C@H](NC(=O)Nc1ccccc1)C(=O)OCCOc1ccc(S(N)(=O)=O)cc1. The molecule has 0 aliphatic heterocycles. The van der Waals surface area contributed by atoms with Gasteiger partial charge in [-0.3, -0.25) is 0 Å². The number of nitrogens with one attached hydrogen (secondary N) is 2. The summed E-state index contributed by atoms with van der Waals surface area (Å²) in [6.07, 6.45) is 0. The molecule has 28 heavy (non-hydrogen) atoms. The van der Waals surface area contributed by atoms with Crippen molar-refractivity contribution in [2.45, 2.75) is 17.9 Å². The van der Waals surface area contributed by atoms with Gasteiger partial charge in [-0.05, 0) is 43.3 Å². The molecule has 0 saturated carbocycles. The molecule has 0 fully saturated rings. The van der Waals surface area contributed by atoms with Crippen molar-refractivity contribution in [3.8, 4) is 5.75 Å². The number of hydrogen-bond donors (Lipinski definition) is 3. The minimum absolute atomic E-state index is 0.0278. The number of urea groups is 1. The minimum Gasteiger partial charge on any atom is -0.490 e. The number of carbonyl (C=O) groups is 2. The first-order valence-electron chi connectivity index (χ1n) is 8.30. The van der Waals surface area contributed by atoms with Gasteiger partial charge in [-0.15, -0.1) is 0 Å². The van der Waals surface area contributed by atoms with Crippen LogP contribution < -0.4 is 20.5 Å². The van der Waals surface area contributed by atoms with Crippen molar-refractivity contribution in [3.63, 3.8) is 0 Å². The number of benzene rings is 2. The fourth-order valence-electron chi connectivity index (χ4n) is 2.10. The average molecular weight is 407 g/mol. The molecule has 2 amide bonds. The lowest BCUT2D eigenvalue weighted by Gasteiger charge is -2.14. The summed E-state index contributed by atoms with van der Waals surface area (Å²) in [5, 5.41) is 10.1. The molecule has 0 saturated heterocycles. The largest absolute Gasteiger partial charge is 0.490 e. The molecule has 0 aromatic heterocycles. The minimum atomic E-state index is -3.76. The molecule has 0 unspecified atom stereocenters. The first-order valence-corrected chi connectivity index (χ1v) is 9.85. The van der Waals surface area contributed by atoms with E-state index in [2.05, 4.69) is 10.6 Å². The Morgan fingerprint density at radius 3 is 2.29 bits per heavy atom. The van der Waals surface area contributed by atoms with Gasteiger partial charge in [-0.2, -0.15) is 0 Å². The van der Waals surface area contributed by atoms with Crippen LogP contribution in [0.25, 0.3) is 0 Å². The molecule has 0 radical (unpaired) electrons. The summed E-state index contributed by atoms with van der Waals surface area (Å²) in [6.45, 7) is 1.52. The van der Waals surface area contributed by atoms with Crippen molar-refractivity contribution < 1.29 is 27.5 Å². The number of hydrogen-bond acceptors (Lipinski definition) is 6. The Morgan fingerprint density at radius 2 is 1.68 bits per heavy atom. The smallest absolute Gasteiger partial charge is 0.328 e. The zero-order valence-corrected chi connectivity index (χ0v) is 15.9. The summed E-state index contributed by atoms with van der Waals surface area (Å²) in [5.74, 6) is -0.215. The average Bonchev–Trinajstić information content (AvgIpc) is 2.65. The second-order valence-corrected chi connectivity index (χ2v) is 7.28. The van der Waals surface area contributed by atoms with Gasteiger partial charge in [0.1, 0.15) is 25.0 Å². The van der Waals surface area contributed by atoms with Gasteiger partial charge < -0.3 is 20.1 Å². The third-order valence-electron chi connectivity index (χ3n) is 3.48. The zero-order valence-electron chi connectivity index (χ0n) is 15.1. The fourth-order valence-corrected chi connectivity index (χ4v) is 2.61. The van der Waals surface area contributed by atoms with Crippen molar-refractivity contribution in [1.29, 1.82) is 0 Å². The zero-order chi connectivity index (χ0) is 20.6. The summed E-state index contributed by atoms with van der Waals surface area (Å²) < 4.78 is 32.7. The van der Waals surface area contributed by atoms with Crippen LogP contribution in [-0.2, 0) is 19.6 Å². The Morgan fingerprint density at radius 1 is 1.04 bits per heavy atom. The van der Waals surface area contributed by atoms with Crippen LogP contribution in [0.3, 0.4) is 0 Å². The van der Waals surface area contributed by atoms with E-state index in [0.717, 1.165) is 0 Å². The Bertz CT molecular complexity index is 901. The first-order chi connectivity index (χ1) is 13.3. The maximum Gasteiger partial charge on any atom is 0.328 e. The predicted octanol–water partition coefficient (Wildman–Crippen LogP) is 1.47. The van der Waals surface area contributed by atoms with E-state index in [0.29, 0.717) is 11.4 Å². The highest BCUT2D eigenvalue weighted by Gasteiger charge is 2.17. The van der Waals surface area contributed by atoms with Crippen molar-refractivity contribution in [1.82, 2.24) is 5.32 Å². The molecule has 2 rings (SSSR count). The fraction of sp³-hybridized carbons (Fsp3) is 0.222. The highest BCUT2D eigenvalue weighted by molar-refractivity contribution is 7.89. The Hall–Kier alpha value is -3.11. The molecule has 0 spiro atoms. The van der Waals surface area contributed by atoms with E-state index in [1.165, 1.54) is 31.2 Å². The van der Waals surface area contributed by atoms with Crippen LogP contribution in [0, 0.1) is 0 Å². The molecule has 4 N–H and O–H groups in total. The second kappa shape index (κ2) is 9.72. The van der Waals surface area contributed by atoms with Crippen molar-refractivity contribution in [2.24, 2.45) is 5.14 Å². The van der Waals surface area contributed by atoms with Gasteiger partial charge >= 0.3 is 12.0 Å². The number of sulfonamides is 1. The summed E-state index contributed by atoms with van der Waals surface area (Å²) in [5.41, 5.74) is 0.599. The third-order valence-corrected chi connectivity index (χ3v) is 4.41. The quantitative estimate of drug-likeness (QED) is 0.448. The molecule has 0 bridgehead atoms. The second-order valence-electron chi connectivity index (χ2n) is 5.72. The molecule has 10 heteroatoms. The highest BCUT2D eigenvalue weighted by atomic mass is 32.2. The molecule has 0 aliphatic carbocycles. The van der Waals surface area contributed by atoms with Gasteiger partial charge in [-0.1, -0.05) is 18.2 Å². The Labute approximate surface area is 162 Å². The standard InChI is InChI=1S/C18H21N3O6S/c1-13(20-18(23)21-14-5-3-2-4-6-14)17(22)27-12-11-26-15-7-9-16(10-8-15)28(19,24)25/h2-10,13H,11-12H2,1H3,(H2,19,24,25)(H2,20,21,23)/t13-/m0/s1. The molecule has 9 nitrogen and oxygen atoms in total. The maximum atomic E-state index is 11.9. The first kappa shape index (κ1) is 21.2. The van der Waals surface area contributed by atoms with E-state index in [-0.39, 0.29) is 18.1 Å². The van der Waals surface area contributed by atoms with Crippen LogP contribution in [0.1, 0.15) is 6.92 Å². The van der Waals surface area contributed by atoms with E-state index < -0.39 is 28.1 Å². The number of carbonyl (C=O) groups excluding carboxylic acids is 2. The lowest BCUT2D eigenvalue weighted by Crippen LogP contribution is -2.42. The van der Waals surface area contributed by atoms with Crippen molar-refractivity contribution in [3.05, 3.63) is 54.6 Å². The van der Waals surface area contributed by atoms with Crippen LogP contribution in [-0.4, -0.2) is 39.7 Å². The van der Waals surface area contributed by atoms with Crippen LogP contribution in [0.5, 0.6) is 5.75 Å². The normalized spacial score (nSPS) is 11.9. The topological polar surface area (TPSA) is 137 Å². The molecule has 1 atom stereocenters. The maximum absolute atomic E-state index is 11.9. The molecular formula is C18H21N3O6S. The van der Waals surface area contributed by atoms with E-state index in [1.807, 2.05) is 6.07 Å². The number of anilines is 1. The molecule has 150 valence electrons. The van der Waals surface area contributed by atoms with Gasteiger partial charge in [0.15, 0.2) is 0 Å². The molecule has 2 aromatic carbocycles. The van der Waals surface area contributed by atoms with Gasteiger partial charge in [0.05, 0.1) is 4.90 Å². The number of rotatable bonds is 8. The number of primary sulfonamides is 1. The van der Waals surface area contributed by atoms with Gasteiger partial charge in [0.2, 0.25) is 10.0 Å². The monoisotopic (exact) mass is 407 g/mol. The van der Waals surface area contributed by atoms with Crippen molar-refractivity contribution >= 4 is 27.7 Å². The van der Waals surface area contributed by atoms with E-state index in [4.69, 9.17) is 14.6 Å². The number of esters is 1. The number of amides is 2. The number of para-hydroxylation sites is 1. The summed E-state index contributed by atoms with van der Waals surface area (Å²) >= 11 is 0. The number of ether oxygens (including phenoxy) is 2. The molecule has 0 heterocycles.